The standard InChI is InChI=1S/C25H29N5O2.C24H27N5O3/c1-13-14(2)31-15(3)17-8-9-21(30-23(13)17)29-22-10-18-19(11-27-22)24(32-16-6-7-16)28-12-20(18)25(4,5)26;1-12-13(2)31-23(30)15-7-8-19(29-21(12)15)28-20-9-16-17(10-26-20)22(32-14-5-6-14)27-11-18(16)24(3,4)25/h8-14,16H,3,6-7,26H2,1-2,4-5H3,(H,27,29,30);7-14H,5-6,25H2,1-4H3,(H,26,28,29)/t13-,14-;12-,13-/m01/s1. The number of hydrogen-bond acceptors (Lipinski definition) is 15. The second-order valence-corrected chi connectivity index (χ2v) is 18.7. The van der Waals surface area contributed by atoms with Gasteiger partial charge in [0.2, 0.25) is 11.8 Å². The number of carbonyl (C=O) groups excluding carboxylic acids is 1. The van der Waals surface area contributed by atoms with E-state index in [2.05, 4.69) is 44.1 Å². The van der Waals surface area contributed by atoms with Crippen molar-refractivity contribution < 1.29 is 23.7 Å². The van der Waals surface area contributed by atoms with Gasteiger partial charge in [0.25, 0.3) is 0 Å². The molecule has 8 heterocycles. The summed E-state index contributed by atoms with van der Waals surface area (Å²) in [5.74, 6) is 4.35. The molecule has 4 aliphatic rings. The van der Waals surface area contributed by atoms with Gasteiger partial charge in [0.15, 0.2) is 0 Å². The van der Waals surface area contributed by atoms with E-state index in [4.69, 9.17) is 40.4 Å². The molecule has 0 radical (unpaired) electrons. The lowest BCUT2D eigenvalue weighted by Crippen LogP contribution is -2.29. The van der Waals surface area contributed by atoms with Crippen molar-refractivity contribution in [2.45, 2.75) is 128 Å². The maximum absolute atomic E-state index is 12.2. The number of rotatable bonds is 10. The summed E-state index contributed by atoms with van der Waals surface area (Å²) in [5, 5.41) is 10.2. The van der Waals surface area contributed by atoms with E-state index in [1.54, 1.807) is 30.7 Å². The average Bonchev–Trinajstić information content (AvgIpc) is 4.19. The Morgan fingerprint density at radius 3 is 1.50 bits per heavy atom. The molecule has 10 rings (SSSR count). The van der Waals surface area contributed by atoms with Gasteiger partial charge in [0, 0.05) is 53.3 Å². The predicted octanol–water partition coefficient (Wildman–Crippen LogP) is 9.16. The van der Waals surface area contributed by atoms with Gasteiger partial charge in [-0.2, -0.15) is 0 Å². The van der Waals surface area contributed by atoms with Crippen LogP contribution in [0.25, 0.3) is 27.3 Å². The van der Waals surface area contributed by atoms with E-state index in [1.807, 2.05) is 78.9 Å². The van der Waals surface area contributed by atoms with Gasteiger partial charge in [0.05, 0.1) is 27.7 Å². The maximum Gasteiger partial charge on any atom is 0.340 e. The summed E-state index contributed by atoms with van der Waals surface area (Å²) in [4.78, 5) is 40.0. The van der Waals surface area contributed by atoms with Crippen LogP contribution in [0.2, 0.25) is 0 Å². The SMILES string of the molecule is C=C1O[C@@H](C)[C@H](C)c2nc(Nc3cc4c(C(C)(C)N)cnc(OC5CC5)c4cn3)ccc21.C[C@H]1OC(=O)c2ccc(Nc3cc4c(C(C)(C)N)cnc(OC5CC5)c4cn3)nc2[C@@H]1C. The molecule has 0 saturated heterocycles. The molecule has 2 fully saturated rings. The molecule has 2 saturated carbocycles. The molecule has 0 unspecified atom stereocenters. The largest absolute Gasteiger partial charge is 0.490 e. The fraction of sp³-hybridized carbons (Fsp3) is 0.408. The first-order valence-electron chi connectivity index (χ1n) is 22.0. The number of hydrogen-bond donors (Lipinski definition) is 4. The van der Waals surface area contributed by atoms with Crippen LogP contribution in [0.4, 0.5) is 23.3 Å². The number of nitrogens with one attached hydrogen (secondary N) is 2. The number of esters is 1. The summed E-state index contributed by atoms with van der Waals surface area (Å²) in [5.41, 5.74) is 16.8. The van der Waals surface area contributed by atoms with E-state index in [9.17, 15) is 4.79 Å². The smallest absolute Gasteiger partial charge is 0.340 e. The number of fused-ring (bicyclic) bond motifs is 4. The maximum atomic E-state index is 12.2. The third-order valence-electron chi connectivity index (χ3n) is 12.2. The van der Waals surface area contributed by atoms with Crippen molar-refractivity contribution in [2.75, 3.05) is 10.6 Å². The number of nitrogens with two attached hydrogens (primary N) is 2. The van der Waals surface area contributed by atoms with Crippen LogP contribution in [0.5, 0.6) is 11.8 Å². The lowest BCUT2D eigenvalue weighted by atomic mass is 9.93. The number of carbonyl (C=O) groups is 1. The van der Waals surface area contributed by atoms with Crippen LogP contribution in [0, 0.1) is 0 Å². The summed E-state index contributed by atoms with van der Waals surface area (Å²) in [6.45, 7) is 19.9. The van der Waals surface area contributed by atoms with Gasteiger partial charge in [-0.05, 0) is 126 Å². The van der Waals surface area contributed by atoms with E-state index in [1.165, 1.54) is 0 Å². The highest BCUT2D eigenvalue weighted by Gasteiger charge is 2.33. The zero-order valence-electron chi connectivity index (χ0n) is 37.7. The van der Waals surface area contributed by atoms with Crippen LogP contribution in [0.15, 0.2) is 67.8 Å². The van der Waals surface area contributed by atoms with Crippen molar-refractivity contribution in [2.24, 2.45) is 11.5 Å². The van der Waals surface area contributed by atoms with E-state index in [-0.39, 0.29) is 42.2 Å². The second-order valence-electron chi connectivity index (χ2n) is 18.7. The average molecular weight is 865 g/mol. The molecule has 0 amide bonds. The monoisotopic (exact) mass is 864 g/mol. The number of nitrogens with zero attached hydrogens (tertiary/aromatic N) is 6. The minimum Gasteiger partial charge on any atom is -0.490 e. The van der Waals surface area contributed by atoms with Crippen LogP contribution < -0.4 is 31.6 Å². The minimum absolute atomic E-state index is 0.00635. The van der Waals surface area contributed by atoms with Crippen molar-refractivity contribution in [1.29, 1.82) is 0 Å². The third kappa shape index (κ3) is 8.74. The van der Waals surface area contributed by atoms with Crippen LogP contribution >= 0.6 is 0 Å². The Labute approximate surface area is 372 Å². The van der Waals surface area contributed by atoms with Gasteiger partial charge in [-0.25, -0.2) is 34.7 Å². The van der Waals surface area contributed by atoms with Crippen molar-refractivity contribution in [3.05, 3.63) is 101 Å². The minimum atomic E-state index is -0.585. The molecule has 2 aliphatic carbocycles. The molecule has 15 heteroatoms. The van der Waals surface area contributed by atoms with E-state index < -0.39 is 11.1 Å². The summed E-state index contributed by atoms with van der Waals surface area (Å²) in [6, 6.07) is 11.4. The topological polar surface area (TPSA) is 207 Å². The van der Waals surface area contributed by atoms with Gasteiger partial charge in [-0.1, -0.05) is 20.4 Å². The quantitative estimate of drug-likeness (QED) is 0.0947. The van der Waals surface area contributed by atoms with Gasteiger partial charge < -0.3 is 41.0 Å². The third-order valence-corrected chi connectivity index (χ3v) is 12.2. The second kappa shape index (κ2) is 16.3. The highest BCUT2D eigenvalue weighted by molar-refractivity contribution is 5.94. The lowest BCUT2D eigenvalue weighted by molar-refractivity contribution is 0.0235. The first-order chi connectivity index (χ1) is 30.4. The summed E-state index contributed by atoms with van der Waals surface area (Å²) in [6.07, 6.45) is 11.7. The predicted molar refractivity (Wildman–Crippen MR) is 247 cm³/mol. The van der Waals surface area contributed by atoms with E-state index in [0.717, 1.165) is 81.1 Å². The number of aromatic nitrogens is 6. The van der Waals surface area contributed by atoms with Crippen LogP contribution in [0.3, 0.4) is 0 Å². The Bertz CT molecular complexity index is 2620. The Morgan fingerprint density at radius 1 is 0.609 bits per heavy atom. The molecule has 2 aliphatic heterocycles. The molecule has 0 aromatic carbocycles. The molecular weight excluding hydrogens is 809 g/mol. The fourth-order valence-corrected chi connectivity index (χ4v) is 7.88. The molecule has 0 bridgehead atoms. The zero-order chi connectivity index (χ0) is 45.2. The zero-order valence-corrected chi connectivity index (χ0v) is 37.7. The van der Waals surface area contributed by atoms with Crippen molar-refractivity contribution in [3.8, 4) is 11.8 Å². The number of anilines is 4. The Kier molecular flexibility index (Phi) is 10.9. The highest BCUT2D eigenvalue weighted by atomic mass is 16.5. The number of pyridine rings is 6. The van der Waals surface area contributed by atoms with Crippen molar-refractivity contribution in [3.63, 3.8) is 0 Å². The van der Waals surface area contributed by atoms with Crippen molar-refractivity contribution >= 4 is 56.5 Å². The molecule has 6 aromatic rings. The van der Waals surface area contributed by atoms with E-state index >= 15 is 0 Å². The Balaban J connectivity index is 0.000000162. The molecule has 6 N–H and O–H groups in total. The highest BCUT2D eigenvalue weighted by Crippen LogP contribution is 2.39. The van der Waals surface area contributed by atoms with Crippen LogP contribution in [-0.2, 0) is 20.6 Å². The molecule has 332 valence electrons. The normalized spacial score (nSPS) is 20.6. The number of cyclic esters (lactones) is 1. The molecule has 64 heavy (non-hydrogen) atoms. The van der Waals surface area contributed by atoms with Gasteiger partial charge in [-0.3, -0.25) is 0 Å². The Hall–Kier alpha value is -6.45. The molecule has 4 atom stereocenters. The summed E-state index contributed by atoms with van der Waals surface area (Å²) >= 11 is 0. The van der Waals surface area contributed by atoms with Crippen LogP contribution in [0.1, 0.15) is 131 Å². The van der Waals surface area contributed by atoms with Crippen LogP contribution in [-0.4, -0.2) is 60.3 Å². The van der Waals surface area contributed by atoms with Gasteiger partial charge in [-0.15, -0.1) is 0 Å². The first-order valence-corrected chi connectivity index (χ1v) is 22.0. The summed E-state index contributed by atoms with van der Waals surface area (Å²) in [7, 11) is 0. The summed E-state index contributed by atoms with van der Waals surface area (Å²) < 4.78 is 23.2. The van der Waals surface area contributed by atoms with E-state index in [0.29, 0.717) is 40.5 Å². The lowest BCUT2D eigenvalue weighted by Gasteiger charge is -2.30. The Morgan fingerprint density at radius 2 is 1.05 bits per heavy atom. The molecule has 0 spiro atoms. The van der Waals surface area contributed by atoms with Gasteiger partial charge >= 0.3 is 5.97 Å². The molecular formula is C49H56N10O5. The molecule has 15 nitrogen and oxygen atoms in total. The molecule has 6 aromatic heterocycles. The number of ether oxygens (including phenoxy) is 4. The van der Waals surface area contributed by atoms with Crippen molar-refractivity contribution in [1.82, 2.24) is 29.9 Å². The first kappa shape index (κ1) is 42.8. The van der Waals surface area contributed by atoms with Gasteiger partial charge in [0.1, 0.15) is 53.4 Å². The fourth-order valence-electron chi connectivity index (χ4n) is 7.88.